The number of carbonyl (C=O) groups excluding carboxylic acids is 1. The number of sulfonamides is 1. The number of benzene rings is 2. The van der Waals surface area contributed by atoms with Gasteiger partial charge in [-0.1, -0.05) is 27.7 Å². The molecule has 1 N–H and O–H groups in total. The first kappa shape index (κ1) is 24.9. The van der Waals surface area contributed by atoms with Gasteiger partial charge in [-0.25, -0.2) is 8.42 Å². The van der Waals surface area contributed by atoms with Crippen LogP contribution in [0.1, 0.15) is 57.3 Å². The molecule has 0 saturated carbocycles. The molecule has 0 aliphatic heterocycles. The largest absolute Gasteiger partial charge is 0.494 e. The fraction of sp³-hybridized carbons (Fsp3) is 0.458. The van der Waals surface area contributed by atoms with E-state index in [1.54, 1.807) is 36.4 Å². The number of hydrogen-bond acceptors (Lipinski definition) is 4. The van der Waals surface area contributed by atoms with Gasteiger partial charge in [-0.05, 0) is 73.7 Å². The van der Waals surface area contributed by atoms with E-state index >= 15 is 0 Å². The monoisotopic (exact) mass is 446 g/mol. The van der Waals surface area contributed by atoms with E-state index in [0.717, 1.165) is 25.0 Å². The van der Waals surface area contributed by atoms with E-state index in [1.165, 1.54) is 16.4 Å². The lowest BCUT2D eigenvalue weighted by molar-refractivity contribution is 0.102. The fourth-order valence-corrected chi connectivity index (χ4v) is 4.65. The number of nitrogens with zero attached hydrogens (tertiary/aromatic N) is 1. The fourth-order valence-electron chi connectivity index (χ4n) is 3.03. The second-order valence-corrected chi connectivity index (χ2v) is 9.88. The Morgan fingerprint density at radius 2 is 1.55 bits per heavy atom. The Morgan fingerprint density at radius 3 is 2.06 bits per heavy atom. The summed E-state index contributed by atoms with van der Waals surface area (Å²) < 4.78 is 32.9. The smallest absolute Gasteiger partial charge is 0.255 e. The van der Waals surface area contributed by atoms with E-state index in [4.69, 9.17) is 4.74 Å². The summed E-state index contributed by atoms with van der Waals surface area (Å²) in [5, 5.41) is 2.81. The topological polar surface area (TPSA) is 75.7 Å². The van der Waals surface area contributed by atoms with Gasteiger partial charge in [0, 0.05) is 24.3 Å². The minimum Gasteiger partial charge on any atom is -0.494 e. The summed E-state index contributed by atoms with van der Waals surface area (Å²) in [6, 6.07) is 13.3. The number of amides is 1. The highest BCUT2D eigenvalue weighted by molar-refractivity contribution is 7.89. The molecule has 2 rings (SSSR count). The minimum atomic E-state index is -3.53. The molecule has 0 aliphatic rings. The molecule has 1 amide bonds. The second-order valence-electron chi connectivity index (χ2n) is 7.94. The molecular weight excluding hydrogens is 412 g/mol. The van der Waals surface area contributed by atoms with Gasteiger partial charge in [-0.3, -0.25) is 4.79 Å². The minimum absolute atomic E-state index is 0.232. The zero-order valence-electron chi connectivity index (χ0n) is 18.9. The van der Waals surface area contributed by atoms with Gasteiger partial charge in [0.25, 0.3) is 5.91 Å². The molecule has 6 nitrogen and oxygen atoms in total. The lowest BCUT2D eigenvalue weighted by atomic mass is 10.1. The molecular formula is C24H34N2O4S. The molecule has 7 heteroatoms. The molecule has 2 aromatic carbocycles. The lowest BCUT2D eigenvalue weighted by Crippen LogP contribution is -2.32. The molecule has 0 aromatic heterocycles. The van der Waals surface area contributed by atoms with Crippen LogP contribution in [0.4, 0.5) is 5.69 Å². The van der Waals surface area contributed by atoms with Crippen molar-refractivity contribution in [1.29, 1.82) is 0 Å². The molecule has 0 spiro atoms. The van der Waals surface area contributed by atoms with Crippen molar-refractivity contribution in [3.8, 4) is 5.75 Å². The second kappa shape index (κ2) is 11.9. The van der Waals surface area contributed by atoms with Crippen LogP contribution in [0.2, 0.25) is 0 Å². The Labute approximate surface area is 186 Å². The first-order valence-corrected chi connectivity index (χ1v) is 12.4. The van der Waals surface area contributed by atoms with Gasteiger partial charge in [0.05, 0.1) is 11.5 Å². The average Bonchev–Trinajstić information content (AvgIpc) is 2.74. The summed E-state index contributed by atoms with van der Waals surface area (Å²) in [5.74, 6) is 1.05. The highest BCUT2D eigenvalue weighted by Crippen LogP contribution is 2.20. The van der Waals surface area contributed by atoms with Crippen LogP contribution in [0.3, 0.4) is 0 Å². The van der Waals surface area contributed by atoms with Crippen molar-refractivity contribution in [2.24, 2.45) is 5.92 Å². The normalized spacial score (nSPS) is 11.7. The summed E-state index contributed by atoms with van der Waals surface area (Å²) >= 11 is 0. The molecule has 0 heterocycles. The predicted molar refractivity (Wildman–Crippen MR) is 125 cm³/mol. The first-order chi connectivity index (χ1) is 14.8. The average molecular weight is 447 g/mol. The van der Waals surface area contributed by atoms with Crippen LogP contribution in [-0.4, -0.2) is 38.3 Å². The zero-order valence-corrected chi connectivity index (χ0v) is 19.7. The number of rotatable bonds is 12. The van der Waals surface area contributed by atoms with Crippen molar-refractivity contribution < 1.29 is 17.9 Å². The highest BCUT2D eigenvalue weighted by atomic mass is 32.2. The van der Waals surface area contributed by atoms with Crippen LogP contribution in [0, 0.1) is 5.92 Å². The molecule has 0 atom stereocenters. The molecule has 0 fully saturated rings. The molecule has 0 unspecified atom stereocenters. The third kappa shape index (κ3) is 7.36. The van der Waals surface area contributed by atoms with Crippen molar-refractivity contribution in [1.82, 2.24) is 4.31 Å². The number of ether oxygens (including phenoxy) is 1. The first-order valence-electron chi connectivity index (χ1n) is 10.9. The number of carbonyl (C=O) groups is 1. The molecule has 0 bridgehead atoms. The van der Waals surface area contributed by atoms with Crippen LogP contribution < -0.4 is 10.1 Å². The van der Waals surface area contributed by atoms with Crippen LogP contribution >= 0.6 is 0 Å². The van der Waals surface area contributed by atoms with Gasteiger partial charge < -0.3 is 10.1 Å². The van der Waals surface area contributed by atoms with Crippen molar-refractivity contribution >= 4 is 21.6 Å². The van der Waals surface area contributed by atoms with Gasteiger partial charge >= 0.3 is 0 Å². The molecule has 170 valence electrons. The number of anilines is 1. The molecule has 0 aliphatic carbocycles. The third-order valence-electron chi connectivity index (χ3n) is 4.78. The summed E-state index contributed by atoms with van der Waals surface area (Å²) in [5.41, 5.74) is 1.05. The van der Waals surface area contributed by atoms with Gasteiger partial charge in [0.2, 0.25) is 10.0 Å². The van der Waals surface area contributed by atoms with Crippen LogP contribution in [-0.2, 0) is 10.0 Å². The zero-order chi connectivity index (χ0) is 22.9. The Bertz CT molecular complexity index is 917. The quantitative estimate of drug-likeness (QED) is 0.488. The van der Waals surface area contributed by atoms with Gasteiger partial charge in [-0.2, -0.15) is 4.31 Å². The lowest BCUT2D eigenvalue weighted by Gasteiger charge is -2.21. The van der Waals surface area contributed by atoms with E-state index < -0.39 is 10.0 Å². The number of nitrogens with one attached hydrogen (secondary N) is 1. The maximum atomic E-state index is 12.8. The number of hydrogen-bond donors (Lipinski definition) is 1. The van der Waals surface area contributed by atoms with Crippen molar-refractivity contribution in [2.45, 2.75) is 51.9 Å². The maximum Gasteiger partial charge on any atom is 0.255 e. The molecule has 0 radical (unpaired) electrons. The Hall–Kier alpha value is -2.38. The summed E-state index contributed by atoms with van der Waals surface area (Å²) in [4.78, 5) is 12.7. The van der Waals surface area contributed by atoms with Gasteiger partial charge in [0.1, 0.15) is 5.75 Å². The molecule has 2 aromatic rings. The van der Waals surface area contributed by atoms with Crippen LogP contribution in [0.5, 0.6) is 5.75 Å². The summed E-state index contributed by atoms with van der Waals surface area (Å²) in [6.07, 6.45) is 2.49. The maximum absolute atomic E-state index is 12.8. The van der Waals surface area contributed by atoms with Crippen molar-refractivity contribution in [3.63, 3.8) is 0 Å². The van der Waals surface area contributed by atoms with Gasteiger partial charge in [-0.15, -0.1) is 0 Å². The van der Waals surface area contributed by atoms with E-state index in [9.17, 15) is 13.2 Å². The molecule has 31 heavy (non-hydrogen) atoms. The highest BCUT2D eigenvalue weighted by Gasteiger charge is 2.22. The Morgan fingerprint density at radius 1 is 0.968 bits per heavy atom. The van der Waals surface area contributed by atoms with E-state index in [2.05, 4.69) is 19.2 Å². The van der Waals surface area contributed by atoms with Crippen LogP contribution in [0.15, 0.2) is 53.4 Å². The van der Waals surface area contributed by atoms with E-state index in [1.807, 2.05) is 13.8 Å². The Balaban J connectivity index is 2.01. The SMILES string of the molecule is CCCN(CCC)S(=O)(=O)c1ccc(NC(=O)c2ccc(OCCC(C)C)cc2)cc1. The van der Waals surface area contributed by atoms with Crippen LogP contribution in [0.25, 0.3) is 0 Å². The van der Waals surface area contributed by atoms with E-state index in [-0.39, 0.29) is 10.8 Å². The predicted octanol–water partition coefficient (Wildman–Crippen LogP) is 5.17. The molecule has 0 saturated heterocycles. The summed E-state index contributed by atoms with van der Waals surface area (Å²) in [7, 11) is -3.53. The standard InChI is InChI=1S/C24H34N2O4S/c1-5-16-26(17-6-2)31(28,29)23-13-9-21(10-14-23)25-24(27)20-7-11-22(12-8-20)30-18-15-19(3)4/h7-14,19H,5-6,15-18H2,1-4H3,(H,25,27). The van der Waals surface area contributed by atoms with E-state index in [0.29, 0.717) is 36.9 Å². The Kier molecular flexibility index (Phi) is 9.52. The summed E-state index contributed by atoms with van der Waals surface area (Å²) in [6.45, 7) is 9.84. The van der Waals surface area contributed by atoms with Crippen molar-refractivity contribution in [3.05, 3.63) is 54.1 Å². The van der Waals surface area contributed by atoms with Crippen molar-refractivity contribution in [2.75, 3.05) is 25.0 Å². The van der Waals surface area contributed by atoms with Gasteiger partial charge in [0.15, 0.2) is 0 Å². The third-order valence-corrected chi connectivity index (χ3v) is 6.69.